The molecule has 0 aliphatic rings. The lowest BCUT2D eigenvalue weighted by Crippen LogP contribution is -2.36. The van der Waals surface area contributed by atoms with E-state index in [4.69, 9.17) is 9.26 Å². The number of aromatic nitrogens is 2. The fourth-order valence-corrected chi connectivity index (χ4v) is 3.34. The number of nitrogens with one attached hydrogen (secondary N) is 1. The molecule has 0 saturated carbocycles. The van der Waals surface area contributed by atoms with Gasteiger partial charge in [-0.2, -0.15) is 13.2 Å². The number of anilines is 1. The summed E-state index contributed by atoms with van der Waals surface area (Å²) < 4.78 is 49.5. The van der Waals surface area contributed by atoms with Gasteiger partial charge >= 0.3 is 6.18 Å². The van der Waals surface area contributed by atoms with Gasteiger partial charge in [-0.25, -0.2) is 0 Å². The highest BCUT2D eigenvalue weighted by atomic mass is 32.2. The molecule has 158 valence electrons. The number of amides is 1. The molecular formula is C19H16F3N3O4S. The molecule has 3 aromatic rings. The van der Waals surface area contributed by atoms with Crippen LogP contribution in [0.4, 0.5) is 18.9 Å². The number of benzene rings is 2. The summed E-state index contributed by atoms with van der Waals surface area (Å²) in [6, 6.07) is 10.9. The zero-order valence-electron chi connectivity index (χ0n) is 15.8. The summed E-state index contributed by atoms with van der Waals surface area (Å²) in [6.45, 7) is 1.51. The molecule has 2 aromatic carbocycles. The predicted octanol–water partition coefficient (Wildman–Crippen LogP) is 3.17. The molecular weight excluding hydrogens is 423 g/mol. The Morgan fingerprint density at radius 3 is 2.60 bits per heavy atom. The molecule has 0 aliphatic heterocycles. The van der Waals surface area contributed by atoms with Crippen molar-refractivity contribution in [3.05, 3.63) is 54.1 Å². The SMILES string of the molecule is COc1ccc(-[n+]2noc([O-])c2SC(C)C(=O)Nc2cccc(C(F)(F)F)c2)cc1. The molecule has 0 saturated heterocycles. The van der Waals surface area contributed by atoms with E-state index >= 15 is 0 Å². The van der Waals surface area contributed by atoms with Crippen molar-refractivity contribution in [3.63, 3.8) is 0 Å². The third-order valence-corrected chi connectivity index (χ3v) is 5.13. The van der Waals surface area contributed by atoms with Crippen molar-refractivity contribution in [3.8, 4) is 17.4 Å². The smallest absolute Gasteiger partial charge is 0.416 e. The van der Waals surface area contributed by atoms with Crippen LogP contribution >= 0.6 is 11.8 Å². The first kappa shape index (κ1) is 21.5. The Morgan fingerprint density at radius 2 is 1.97 bits per heavy atom. The van der Waals surface area contributed by atoms with Gasteiger partial charge < -0.3 is 19.7 Å². The second kappa shape index (κ2) is 8.66. The highest BCUT2D eigenvalue weighted by Gasteiger charge is 2.31. The molecule has 0 radical (unpaired) electrons. The third kappa shape index (κ3) is 4.85. The number of nitrogens with zero attached hydrogens (tertiary/aromatic N) is 2. The number of alkyl halides is 3. The molecule has 1 aromatic heterocycles. The van der Waals surface area contributed by atoms with Crippen LogP contribution in [0.2, 0.25) is 0 Å². The number of hydrogen-bond acceptors (Lipinski definition) is 6. The molecule has 1 N–H and O–H groups in total. The Kier molecular flexibility index (Phi) is 6.20. The average molecular weight is 439 g/mol. The normalized spacial score (nSPS) is 12.4. The zero-order valence-corrected chi connectivity index (χ0v) is 16.6. The summed E-state index contributed by atoms with van der Waals surface area (Å²) in [4.78, 5) is 12.5. The Bertz CT molecular complexity index is 1040. The summed E-state index contributed by atoms with van der Waals surface area (Å²) in [6.07, 6.45) is -4.52. The summed E-state index contributed by atoms with van der Waals surface area (Å²) in [7, 11) is 1.51. The minimum atomic E-state index is -4.52. The Hall–Kier alpha value is -3.21. The van der Waals surface area contributed by atoms with Crippen molar-refractivity contribution in [2.24, 2.45) is 0 Å². The predicted molar refractivity (Wildman–Crippen MR) is 99.4 cm³/mol. The number of carbonyl (C=O) groups is 1. The first-order chi connectivity index (χ1) is 14.2. The van der Waals surface area contributed by atoms with Crippen molar-refractivity contribution >= 4 is 23.4 Å². The van der Waals surface area contributed by atoms with Gasteiger partial charge in [-0.1, -0.05) is 6.07 Å². The minimum Gasteiger partial charge on any atom is -0.538 e. The maximum atomic E-state index is 12.8. The molecule has 1 atom stereocenters. The number of rotatable bonds is 6. The lowest BCUT2D eigenvalue weighted by molar-refractivity contribution is -0.705. The van der Waals surface area contributed by atoms with Crippen LogP contribution in [-0.4, -0.2) is 23.5 Å². The van der Waals surface area contributed by atoms with E-state index in [9.17, 15) is 23.1 Å². The average Bonchev–Trinajstić information content (AvgIpc) is 3.08. The van der Waals surface area contributed by atoms with Crippen LogP contribution in [-0.2, 0) is 11.0 Å². The fourth-order valence-electron chi connectivity index (χ4n) is 2.46. The summed E-state index contributed by atoms with van der Waals surface area (Å²) in [5.74, 6) is -0.719. The van der Waals surface area contributed by atoms with E-state index in [0.717, 1.165) is 23.9 Å². The van der Waals surface area contributed by atoms with Gasteiger partial charge in [0.25, 0.3) is 5.03 Å². The number of ether oxygens (including phenoxy) is 1. The summed E-state index contributed by atoms with van der Waals surface area (Å²) in [5.41, 5.74) is -0.369. The van der Waals surface area contributed by atoms with Gasteiger partial charge in [0.15, 0.2) is 5.95 Å². The van der Waals surface area contributed by atoms with Crippen LogP contribution in [0.25, 0.3) is 5.69 Å². The molecule has 1 unspecified atom stereocenters. The lowest BCUT2D eigenvalue weighted by Gasteiger charge is -2.12. The van der Waals surface area contributed by atoms with Crippen LogP contribution in [0.1, 0.15) is 12.5 Å². The lowest BCUT2D eigenvalue weighted by atomic mass is 10.2. The summed E-state index contributed by atoms with van der Waals surface area (Å²) >= 11 is 0.874. The topological polar surface area (TPSA) is 91.3 Å². The molecule has 0 aliphatic carbocycles. The second-order valence-corrected chi connectivity index (χ2v) is 7.43. The van der Waals surface area contributed by atoms with Gasteiger partial charge in [-0.15, -0.1) is 0 Å². The van der Waals surface area contributed by atoms with Crippen LogP contribution in [0.15, 0.2) is 58.1 Å². The molecule has 0 fully saturated rings. The van der Waals surface area contributed by atoms with E-state index < -0.39 is 28.8 Å². The molecule has 3 rings (SSSR count). The van der Waals surface area contributed by atoms with Crippen LogP contribution in [0, 0.1) is 0 Å². The van der Waals surface area contributed by atoms with Gasteiger partial charge in [0, 0.05) is 17.8 Å². The Labute approximate surface area is 173 Å². The quantitative estimate of drug-likeness (QED) is 0.469. The molecule has 1 amide bonds. The minimum absolute atomic E-state index is 0.00188. The van der Waals surface area contributed by atoms with Gasteiger partial charge in [0.05, 0.1) is 23.2 Å². The number of methoxy groups -OCH3 is 1. The second-order valence-electron chi connectivity index (χ2n) is 6.10. The largest absolute Gasteiger partial charge is 0.538 e. The fraction of sp³-hybridized carbons (Fsp3) is 0.211. The molecule has 1 heterocycles. The van der Waals surface area contributed by atoms with Crippen molar-refractivity contribution in [2.75, 3.05) is 12.4 Å². The monoisotopic (exact) mass is 439 g/mol. The first-order valence-electron chi connectivity index (χ1n) is 8.57. The molecule has 7 nitrogen and oxygen atoms in total. The van der Waals surface area contributed by atoms with E-state index in [1.54, 1.807) is 24.3 Å². The molecule has 0 spiro atoms. The summed E-state index contributed by atoms with van der Waals surface area (Å²) in [5, 5.41) is 17.4. The number of halogens is 3. The van der Waals surface area contributed by atoms with E-state index in [-0.39, 0.29) is 10.7 Å². The molecule has 0 bridgehead atoms. The van der Waals surface area contributed by atoms with Gasteiger partial charge in [-0.3, -0.25) is 4.79 Å². The van der Waals surface area contributed by atoms with E-state index in [1.165, 1.54) is 30.8 Å². The van der Waals surface area contributed by atoms with Crippen LogP contribution in [0.5, 0.6) is 11.7 Å². The highest BCUT2D eigenvalue weighted by molar-refractivity contribution is 8.00. The van der Waals surface area contributed by atoms with E-state index in [0.29, 0.717) is 11.4 Å². The van der Waals surface area contributed by atoms with Crippen molar-refractivity contribution in [1.82, 2.24) is 5.27 Å². The Morgan fingerprint density at radius 1 is 1.27 bits per heavy atom. The standard InChI is InChI=1S/C19H16F3N3O4S/c1-11(16(26)23-13-5-3-4-12(10-13)19(20,21)22)30-17-18(27)29-24-25(17)14-6-8-15(28-2)9-7-14/h3-11H,1-2H3,(H-,23,24,26,27). The van der Waals surface area contributed by atoms with Gasteiger partial charge in [0.1, 0.15) is 5.75 Å². The van der Waals surface area contributed by atoms with Crippen molar-refractivity contribution < 1.29 is 37.0 Å². The van der Waals surface area contributed by atoms with Crippen LogP contribution in [0.3, 0.4) is 0 Å². The number of thioether (sulfide) groups is 1. The Balaban J connectivity index is 1.75. The maximum absolute atomic E-state index is 12.8. The number of hydrogen-bond donors (Lipinski definition) is 1. The zero-order chi connectivity index (χ0) is 21.9. The molecule has 30 heavy (non-hydrogen) atoms. The van der Waals surface area contributed by atoms with Crippen molar-refractivity contribution in [2.45, 2.75) is 23.4 Å². The van der Waals surface area contributed by atoms with E-state index in [1.807, 2.05) is 0 Å². The highest BCUT2D eigenvalue weighted by Crippen LogP contribution is 2.31. The van der Waals surface area contributed by atoms with E-state index in [2.05, 4.69) is 10.6 Å². The maximum Gasteiger partial charge on any atom is 0.416 e. The van der Waals surface area contributed by atoms with Crippen LogP contribution < -0.4 is 19.8 Å². The number of carbonyl (C=O) groups excluding carboxylic acids is 1. The van der Waals surface area contributed by atoms with Crippen molar-refractivity contribution in [1.29, 1.82) is 0 Å². The molecule has 11 heteroatoms. The third-order valence-electron chi connectivity index (χ3n) is 4.00. The van der Waals surface area contributed by atoms with Gasteiger partial charge in [-0.05, 0) is 53.7 Å². The van der Waals surface area contributed by atoms with Gasteiger partial charge in [0.2, 0.25) is 11.6 Å². The first-order valence-corrected chi connectivity index (χ1v) is 9.45.